The molecule has 0 bridgehead atoms. The average molecular weight is 186 g/mol. The van der Waals surface area contributed by atoms with Gasteiger partial charge < -0.3 is 10.6 Å². The normalized spacial score (nSPS) is 11.8. The molecule has 0 aromatic rings. The summed E-state index contributed by atoms with van der Waals surface area (Å²) in [6.07, 6.45) is 1.00. The molecule has 3 nitrogen and oxygen atoms in total. The predicted molar refractivity (Wildman–Crippen MR) is 55.5 cm³/mol. The van der Waals surface area contributed by atoms with Crippen molar-refractivity contribution >= 4 is 6.03 Å². The minimum Gasteiger partial charge on any atom is -0.351 e. The van der Waals surface area contributed by atoms with Gasteiger partial charge in [0.2, 0.25) is 0 Å². The van der Waals surface area contributed by atoms with E-state index >= 15 is 0 Å². The van der Waals surface area contributed by atoms with Crippen LogP contribution in [-0.4, -0.2) is 23.0 Å². The highest BCUT2D eigenvalue weighted by molar-refractivity contribution is 5.72. The maximum atomic E-state index is 11.1. The van der Waals surface area contributed by atoms with Crippen LogP contribution in [0, 0.1) is 5.92 Å². The van der Waals surface area contributed by atoms with Gasteiger partial charge in [0, 0.05) is 12.1 Å². The molecule has 0 rings (SSSR count). The number of urea groups is 1. The zero-order valence-corrected chi connectivity index (χ0v) is 9.42. The lowest BCUT2D eigenvalue weighted by atomic mass is 10.0. The quantitative estimate of drug-likeness (QED) is 0.721. The minimum absolute atomic E-state index is 0.166. The molecule has 0 unspecified atom stereocenters. The fourth-order valence-corrected chi connectivity index (χ4v) is 1.16. The lowest BCUT2D eigenvalue weighted by Crippen LogP contribution is -2.49. The van der Waals surface area contributed by atoms with Crippen LogP contribution in [0.2, 0.25) is 0 Å². The summed E-state index contributed by atoms with van der Waals surface area (Å²) in [5, 5.41) is 0. The van der Waals surface area contributed by atoms with Crippen LogP contribution in [0.25, 0.3) is 0 Å². The van der Waals surface area contributed by atoms with Gasteiger partial charge >= 0.3 is 6.03 Å². The Morgan fingerprint density at radius 1 is 1.38 bits per heavy atom. The summed E-state index contributed by atoms with van der Waals surface area (Å²) in [5.41, 5.74) is 5.13. The van der Waals surface area contributed by atoms with Crippen LogP contribution in [0.15, 0.2) is 0 Å². The van der Waals surface area contributed by atoms with Gasteiger partial charge in [-0.15, -0.1) is 0 Å². The summed E-state index contributed by atoms with van der Waals surface area (Å²) in [5.74, 6) is 0.601. The fourth-order valence-electron chi connectivity index (χ4n) is 1.16. The molecule has 0 fully saturated rings. The van der Waals surface area contributed by atoms with Crippen molar-refractivity contribution in [3.63, 3.8) is 0 Å². The van der Waals surface area contributed by atoms with Crippen LogP contribution in [0.3, 0.4) is 0 Å². The second-order valence-electron chi connectivity index (χ2n) is 4.84. The highest BCUT2D eigenvalue weighted by Crippen LogP contribution is 2.14. The number of carbonyl (C=O) groups is 1. The number of primary amides is 1. The monoisotopic (exact) mass is 186 g/mol. The van der Waals surface area contributed by atoms with E-state index in [1.165, 1.54) is 0 Å². The number of rotatable bonds is 3. The van der Waals surface area contributed by atoms with Crippen LogP contribution in [0.5, 0.6) is 0 Å². The zero-order valence-electron chi connectivity index (χ0n) is 9.42. The van der Waals surface area contributed by atoms with Gasteiger partial charge in [0.05, 0.1) is 0 Å². The summed E-state index contributed by atoms with van der Waals surface area (Å²) in [4.78, 5) is 12.8. The van der Waals surface area contributed by atoms with Crippen LogP contribution in [-0.2, 0) is 0 Å². The van der Waals surface area contributed by atoms with Gasteiger partial charge in [0.15, 0.2) is 0 Å². The maximum Gasteiger partial charge on any atom is 0.315 e. The second-order valence-corrected chi connectivity index (χ2v) is 4.84. The van der Waals surface area contributed by atoms with E-state index in [0.717, 1.165) is 13.0 Å². The van der Waals surface area contributed by atoms with Crippen molar-refractivity contribution in [1.82, 2.24) is 4.90 Å². The summed E-state index contributed by atoms with van der Waals surface area (Å²) in [7, 11) is 0. The number of nitrogens with zero attached hydrogens (tertiary/aromatic N) is 1. The summed E-state index contributed by atoms with van der Waals surface area (Å²) in [6.45, 7) is 11.0. The molecular weight excluding hydrogens is 164 g/mol. The third kappa shape index (κ3) is 4.76. The predicted octanol–water partition coefficient (Wildman–Crippen LogP) is 2.21. The topological polar surface area (TPSA) is 46.3 Å². The third-order valence-corrected chi connectivity index (χ3v) is 2.01. The molecule has 0 saturated carbocycles. The minimum atomic E-state index is -0.326. The Kier molecular flexibility index (Phi) is 4.24. The summed E-state index contributed by atoms with van der Waals surface area (Å²) in [6, 6.07) is -0.326. The van der Waals surface area contributed by atoms with E-state index in [-0.39, 0.29) is 11.6 Å². The van der Waals surface area contributed by atoms with Gasteiger partial charge in [-0.05, 0) is 33.1 Å². The summed E-state index contributed by atoms with van der Waals surface area (Å²) >= 11 is 0. The van der Waals surface area contributed by atoms with Gasteiger partial charge in [-0.1, -0.05) is 13.8 Å². The lowest BCUT2D eigenvalue weighted by molar-refractivity contribution is 0.148. The Bertz CT molecular complexity index is 170. The zero-order chi connectivity index (χ0) is 10.6. The first-order chi connectivity index (χ1) is 5.75. The average Bonchev–Trinajstić information content (AvgIpc) is 1.81. The molecule has 2 N–H and O–H groups in total. The van der Waals surface area contributed by atoms with E-state index in [9.17, 15) is 4.79 Å². The van der Waals surface area contributed by atoms with Crippen molar-refractivity contribution in [2.75, 3.05) is 6.54 Å². The van der Waals surface area contributed by atoms with Crippen LogP contribution in [0.1, 0.15) is 41.0 Å². The molecule has 2 amide bonds. The molecule has 0 aliphatic heterocycles. The van der Waals surface area contributed by atoms with E-state index < -0.39 is 0 Å². The molecule has 0 aromatic heterocycles. The SMILES string of the molecule is CC(C)CCN(C(N)=O)C(C)(C)C. The van der Waals surface area contributed by atoms with Crippen molar-refractivity contribution in [3.05, 3.63) is 0 Å². The van der Waals surface area contributed by atoms with Crippen molar-refractivity contribution in [2.24, 2.45) is 11.7 Å². The first-order valence-corrected chi connectivity index (χ1v) is 4.82. The first kappa shape index (κ1) is 12.3. The Morgan fingerprint density at radius 3 is 2.08 bits per heavy atom. The number of amides is 2. The van der Waals surface area contributed by atoms with Crippen molar-refractivity contribution in [2.45, 2.75) is 46.6 Å². The van der Waals surface area contributed by atoms with Gasteiger partial charge in [0.1, 0.15) is 0 Å². The number of hydrogen-bond donors (Lipinski definition) is 1. The molecule has 3 heteroatoms. The van der Waals surface area contributed by atoms with Crippen molar-refractivity contribution in [3.8, 4) is 0 Å². The lowest BCUT2D eigenvalue weighted by Gasteiger charge is -2.34. The van der Waals surface area contributed by atoms with E-state index in [4.69, 9.17) is 5.73 Å². The van der Waals surface area contributed by atoms with E-state index in [1.54, 1.807) is 4.90 Å². The van der Waals surface area contributed by atoms with Gasteiger partial charge in [-0.25, -0.2) is 4.79 Å². The number of hydrogen-bond acceptors (Lipinski definition) is 1. The molecule has 0 atom stereocenters. The van der Waals surface area contributed by atoms with E-state index in [2.05, 4.69) is 13.8 Å². The van der Waals surface area contributed by atoms with E-state index in [1.807, 2.05) is 20.8 Å². The van der Waals surface area contributed by atoms with Crippen LogP contribution < -0.4 is 5.73 Å². The molecule has 13 heavy (non-hydrogen) atoms. The van der Waals surface area contributed by atoms with Gasteiger partial charge in [0.25, 0.3) is 0 Å². The highest BCUT2D eigenvalue weighted by Gasteiger charge is 2.23. The van der Waals surface area contributed by atoms with Crippen LogP contribution in [0.4, 0.5) is 4.79 Å². The molecule has 0 aliphatic carbocycles. The summed E-state index contributed by atoms with van der Waals surface area (Å²) < 4.78 is 0. The van der Waals surface area contributed by atoms with Gasteiger partial charge in [-0.3, -0.25) is 0 Å². The molecule has 0 radical (unpaired) electrons. The van der Waals surface area contributed by atoms with Crippen LogP contribution >= 0.6 is 0 Å². The highest BCUT2D eigenvalue weighted by atomic mass is 16.2. The Hall–Kier alpha value is -0.730. The number of nitrogens with two attached hydrogens (primary N) is 1. The molecule has 0 heterocycles. The standard InChI is InChI=1S/C10H22N2O/c1-8(2)6-7-12(9(11)13)10(3,4)5/h8H,6-7H2,1-5H3,(H2,11,13). The van der Waals surface area contributed by atoms with Crippen molar-refractivity contribution in [1.29, 1.82) is 0 Å². The third-order valence-electron chi connectivity index (χ3n) is 2.01. The molecule has 0 aliphatic rings. The van der Waals surface area contributed by atoms with Crippen molar-refractivity contribution < 1.29 is 4.79 Å². The van der Waals surface area contributed by atoms with E-state index in [0.29, 0.717) is 5.92 Å². The molecule has 0 saturated heterocycles. The molecular formula is C10H22N2O. The largest absolute Gasteiger partial charge is 0.351 e. The molecule has 0 aromatic carbocycles. The Labute approximate surface area is 81.3 Å². The fraction of sp³-hybridized carbons (Fsp3) is 0.900. The maximum absolute atomic E-state index is 11.1. The number of carbonyl (C=O) groups excluding carboxylic acids is 1. The Balaban J connectivity index is 4.20. The van der Waals surface area contributed by atoms with Gasteiger partial charge in [-0.2, -0.15) is 0 Å². The Morgan fingerprint density at radius 2 is 1.85 bits per heavy atom. The second kappa shape index (κ2) is 4.49. The molecule has 0 spiro atoms. The molecule has 78 valence electrons. The first-order valence-electron chi connectivity index (χ1n) is 4.82. The smallest absolute Gasteiger partial charge is 0.315 e.